The van der Waals surface area contributed by atoms with Crippen LogP contribution in [0.25, 0.3) is 0 Å². The third-order valence-electron chi connectivity index (χ3n) is 2.71. The van der Waals surface area contributed by atoms with Crippen molar-refractivity contribution in [3.8, 4) is 11.8 Å². The van der Waals surface area contributed by atoms with Gasteiger partial charge in [0.05, 0.1) is 17.3 Å². The molecule has 4 nitrogen and oxygen atoms in total. The summed E-state index contributed by atoms with van der Waals surface area (Å²) in [7, 11) is 0. The highest BCUT2D eigenvalue weighted by Gasteiger charge is 2.09. The highest BCUT2D eigenvalue weighted by molar-refractivity contribution is 6.34. The number of rotatable bonds is 2. The summed E-state index contributed by atoms with van der Waals surface area (Å²) in [5, 5.41) is 3.22. The fourth-order valence-corrected chi connectivity index (χ4v) is 1.90. The number of halogens is 1. The molecule has 5 heteroatoms. The van der Waals surface area contributed by atoms with Gasteiger partial charge in [-0.3, -0.25) is 9.78 Å². The predicted molar refractivity (Wildman–Crippen MR) is 84.3 cm³/mol. The van der Waals surface area contributed by atoms with Crippen LogP contribution >= 0.6 is 11.6 Å². The number of amides is 1. The van der Waals surface area contributed by atoms with Gasteiger partial charge in [0.15, 0.2) is 0 Å². The van der Waals surface area contributed by atoms with Gasteiger partial charge in [-0.05, 0) is 37.3 Å². The van der Waals surface area contributed by atoms with E-state index in [0.29, 0.717) is 16.3 Å². The van der Waals surface area contributed by atoms with E-state index < -0.39 is 0 Å². The average Bonchev–Trinajstić information content (AvgIpc) is 2.48. The van der Waals surface area contributed by atoms with E-state index >= 15 is 0 Å². The highest BCUT2D eigenvalue weighted by atomic mass is 35.5. The number of pyridine rings is 1. The minimum atomic E-state index is -0.244. The zero-order valence-electron chi connectivity index (χ0n) is 11.5. The van der Waals surface area contributed by atoms with Crippen molar-refractivity contribution in [3.63, 3.8) is 0 Å². The van der Waals surface area contributed by atoms with E-state index in [0.717, 1.165) is 11.3 Å². The van der Waals surface area contributed by atoms with Gasteiger partial charge in [0.25, 0.3) is 5.91 Å². The van der Waals surface area contributed by atoms with Crippen LogP contribution in [0.3, 0.4) is 0 Å². The van der Waals surface area contributed by atoms with E-state index in [1.54, 1.807) is 36.5 Å². The maximum atomic E-state index is 12.2. The molecule has 0 radical (unpaired) electrons. The average molecular weight is 300 g/mol. The normalized spacial score (nSPS) is 9.67. The molecular formula is C16H14ClN3O. The van der Waals surface area contributed by atoms with Crippen LogP contribution in [0.5, 0.6) is 0 Å². The quantitative estimate of drug-likeness (QED) is 0.838. The number of anilines is 1. The summed E-state index contributed by atoms with van der Waals surface area (Å²) in [5.41, 5.74) is 7.89. The first-order chi connectivity index (χ1) is 10.1. The molecule has 0 atom stereocenters. The number of aromatic nitrogens is 1. The van der Waals surface area contributed by atoms with Gasteiger partial charge in [-0.15, -0.1) is 0 Å². The van der Waals surface area contributed by atoms with Crippen molar-refractivity contribution in [1.82, 2.24) is 4.98 Å². The third-order valence-corrected chi connectivity index (χ3v) is 3.04. The molecule has 0 saturated heterocycles. The maximum absolute atomic E-state index is 12.2. The van der Waals surface area contributed by atoms with Crippen LogP contribution in [0.15, 0.2) is 36.5 Å². The SMILES string of the molecule is Cc1cc(C(=O)Nc2cc(C#CCN)ccc2Cl)ccn1. The lowest BCUT2D eigenvalue weighted by Crippen LogP contribution is -2.12. The molecule has 0 aliphatic carbocycles. The molecule has 1 heterocycles. The first kappa shape index (κ1) is 15.0. The van der Waals surface area contributed by atoms with Gasteiger partial charge in [0.2, 0.25) is 0 Å². The molecule has 0 fully saturated rings. The number of hydrogen-bond donors (Lipinski definition) is 2. The number of nitrogens with one attached hydrogen (secondary N) is 1. The van der Waals surface area contributed by atoms with Crippen molar-refractivity contribution >= 4 is 23.2 Å². The molecule has 3 N–H and O–H groups in total. The van der Waals surface area contributed by atoms with Gasteiger partial charge < -0.3 is 11.1 Å². The van der Waals surface area contributed by atoms with Gasteiger partial charge in [0.1, 0.15) is 0 Å². The molecule has 0 aliphatic heterocycles. The summed E-state index contributed by atoms with van der Waals surface area (Å²) in [6.07, 6.45) is 1.59. The molecule has 0 aliphatic rings. The molecule has 106 valence electrons. The topological polar surface area (TPSA) is 68.0 Å². The van der Waals surface area contributed by atoms with Crippen molar-refractivity contribution in [3.05, 3.63) is 58.4 Å². The molecule has 2 rings (SSSR count). The fourth-order valence-electron chi connectivity index (χ4n) is 1.73. The molecule has 1 aromatic heterocycles. The van der Waals surface area contributed by atoms with Gasteiger partial charge in [-0.25, -0.2) is 0 Å². The van der Waals surface area contributed by atoms with Gasteiger partial charge in [0, 0.05) is 23.0 Å². The molecule has 0 bridgehead atoms. The summed E-state index contributed by atoms with van der Waals surface area (Å²) < 4.78 is 0. The monoisotopic (exact) mass is 299 g/mol. The van der Waals surface area contributed by atoms with Gasteiger partial charge in [-0.1, -0.05) is 23.4 Å². The Hall–Kier alpha value is -2.35. The number of hydrogen-bond acceptors (Lipinski definition) is 3. The number of benzene rings is 1. The van der Waals surface area contributed by atoms with Crippen LogP contribution < -0.4 is 11.1 Å². The smallest absolute Gasteiger partial charge is 0.255 e. The zero-order chi connectivity index (χ0) is 15.2. The Bertz CT molecular complexity index is 732. The van der Waals surface area contributed by atoms with Crippen molar-refractivity contribution in [2.75, 3.05) is 11.9 Å². The summed E-state index contributed by atoms with van der Waals surface area (Å²) >= 11 is 6.09. The Morgan fingerprint density at radius 1 is 1.38 bits per heavy atom. The first-order valence-corrected chi connectivity index (χ1v) is 6.70. The van der Waals surface area contributed by atoms with Crippen molar-refractivity contribution < 1.29 is 4.79 Å². The van der Waals surface area contributed by atoms with Crippen LogP contribution in [-0.4, -0.2) is 17.4 Å². The van der Waals surface area contributed by atoms with E-state index in [4.69, 9.17) is 17.3 Å². The van der Waals surface area contributed by atoms with E-state index in [-0.39, 0.29) is 12.5 Å². The van der Waals surface area contributed by atoms with Crippen LogP contribution in [0.4, 0.5) is 5.69 Å². The van der Waals surface area contributed by atoms with Gasteiger partial charge >= 0.3 is 0 Å². The lowest BCUT2D eigenvalue weighted by Gasteiger charge is -2.08. The Morgan fingerprint density at radius 2 is 2.19 bits per heavy atom. The van der Waals surface area contributed by atoms with E-state index in [9.17, 15) is 4.79 Å². The van der Waals surface area contributed by atoms with E-state index in [1.807, 2.05) is 6.92 Å². The molecule has 1 aromatic carbocycles. The van der Waals surface area contributed by atoms with Gasteiger partial charge in [-0.2, -0.15) is 0 Å². The van der Waals surface area contributed by atoms with Crippen LogP contribution in [-0.2, 0) is 0 Å². The molecule has 2 aromatic rings. The van der Waals surface area contributed by atoms with Crippen LogP contribution in [0.1, 0.15) is 21.6 Å². The Morgan fingerprint density at radius 3 is 2.90 bits per heavy atom. The lowest BCUT2D eigenvalue weighted by molar-refractivity contribution is 0.102. The molecule has 0 spiro atoms. The minimum absolute atomic E-state index is 0.244. The Kier molecular flexibility index (Phi) is 4.94. The second kappa shape index (κ2) is 6.89. The second-order valence-corrected chi connectivity index (χ2v) is 4.75. The van der Waals surface area contributed by atoms with Crippen molar-refractivity contribution in [2.45, 2.75) is 6.92 Å². The fraction of sp³-hybridized carbons (Fsp3) is 0.125. The van der Waals surface area contributed by atoms with Crippen molar-refractivity contribution in [1.29, 1.82) is 0 Å². The molecule has 0 saturated carbocycles. The lowest BCUT2D eigenvalue weighted by atomic mass is 10.2. The van der Waals surface area contributed by atoms with Crippen LogP contribution in [0, 0.1) is 18.8 Å². The maximum Gasteiger partial charge on any atom is 0.255 e. The van der Waals surface area contributed by atoms with E-state index in [2.05, 4.69) is 22.1 Å². The molecular weight excluding hydrogens is 286 g/mol. The Labute approximate surface area is 128 Å². The number of nitrogens with zero attached hydrogens (tertiary/aromatic N) is 1. The molecule has 0 unspecified atom stereocenters. The predicted octanol–water partition coefficient (Wildman–Crippen LogP) is 2.61. The first-order valence-electron chi connectivity index (χ1n) is 6.32. The summed E-state index contributed by atoms with van der Waals surface area (Å²) in [6.45, 7) is 2.10. The molecule has 21 heavy (non-hydrogen) atoms. The second-order valence-electron chi connectivity index (χ2n) is 4.34. The summed E-state index contributed by atoms with van der Waals surface area (Å²) in [4.78, 5) is 16.2. The van der Waals surface area contributed by atoms with Crippen LogP contribution in [0.2, 0.25) is 5.02 Å². The zero-order valence-corrected chi connectivity index (χ0v) is 12.2. The summed E-state index contributed by atoms with van der Waals surface area (Å²) in [6, 6.07) is 8.54. The standard InChI is InChI=1S/C16H14ClN3O/c1-11-9-13(6-8-19-11)16(21)20-15-10-12(3-2-7-18)4-5-14(15)17/h4-6,8-10H,7,18H2,1H3,(H,20,21). The number of carbonyl (C=O) groups excluding carboxylic acids is 1. The molecule has 1 amide bonds. The van der Waals surface area contributed by atoms with E-state index in [1.165, 1.54) is 0 Å². The number of carbonyl (C=O) groups is 1. The largest absolute Gasteiger partial charge is 0.321 e. The highest BCUT2D eigenvalue weighted by Crippen LogP contribution is 2.23. The minimum Gasteiger partial charge on any atom is -0.321 e. The Balaban J connectivity index is 2.24. The van der Waals surface area contributed by atoms with Crippen molar-refractivity contribution in [2.24, 2.45) is 5.73 Å². The summed E-state index contributed by atoms with van der Waals surface area (Å²) in [5.74, 6) is 5.41. The third kappa shape index (κ3) is 4.06. The number of aryl methyl sites for hydroxylation is 1. The number of nitrogens with two attached hydrogens (primary N) is 1.